The molecule has 1 atom stereocenters. The number of likely N-dealkylation sites (tertiary alicyclic amines) is 2. The topological polar surface area (TPSA) is 65.8 Å². The fraction of sp³-hybridized carbons (Fsp3) is 0.600. The van der Waals surface area contributed by atoms with Gasteiger partial charge >= 0.3 is 0 Å². The first-order valence-corrected chi connectivity index (χ1v) is 8.48. The van der Waals surface area contributed by atoms with Crippen molar-refractivity contribution < 1.29 is 14.0 Å². The third-order valence-electron chi connectivity index (χ3n) is 4.37. The van der Waals surface area contributed by atoms with Crippen molar-refractivity contribution in [1.29, 1.82) is 0 Å². The van der Waals surface area contributed by atoms with Crippen LogP contribution in [0.2, 0.25) is 0 Å². The number of rotatable bonds is 4. The van der Waals surface area contributed by atoms with Crippen LogP contribution < -0.4 is 5.32 Å². The molecule has 6 nitrogen and oxygen atoms in total. The van der Waals surface area contributed by atoms with Crippen molar-refractivity contribution in [1.82, 2.24) is 15.1 Å². The zero-order valence-electron chi connectivity index (χ0n) is 12.4. The number of carbonyl (C=O) groups excluding carboxylic acids is 2. The van der Waals surface area contributed by atoms with Gasteiger partial charge in [-0.1, -0.05) is 0 Å². The summed E-state index contributed by atoms with van der Waals surface area (Å²) < 4.78 is 5.66. The van der Waals surface area contributed by atoms with Gasteiger partial charge in [-0.25, -0.2) is 0 Å². The van der Waals surface area contributed by atoms with Gasteiger partial charge < -0.3 is 14.6 Å². The van der Waals surface area contributed by atoms with Gasteiger partial charge in [0, 0.05) is 19.1 Å². The lowest BCUT2D eigenvalue weighted by atomic mass is 10.2. The molecule has 1 aromatic heterocycles. The Morgan fingerprint density at radius 2 is 2.05 bits per heavy atom. The fourth-order valence-corrected chi connectivity index (χ4v) is 3.47. The van der Waals surface area contributed by atoms with Crippen molar-refractivity contribution in [2.75, 3.05) is 32.7 Å². The van der Waals surface area contributed by atoms with Crippen LogP contribution in [0.1, 0.15) is 29.8 Å². The summed E-state index contributed by atoms with van der Waals surface area (Å²) in [5, 5.41) is 2.61. The van der Waals surface area contributed by atoms with Gasteiger partial charge in [-0.2, -0.15) is 0 Å². The van der Waals surface area contributed by atoms with E-state index in [1.165, 1.54) is 12.8 Å². The lowest BCUT2D eigenvalue weighted by molar-refractivity contribution is -0.129. The van der Waals surface area contributed by atoms with Gasteiger partial charge in [0.25, 0.3) is 5.91 Å². The highest BCUT2D eigenvalue weighted by atomic mass is 79.9. The molecule has 2 aliphatic rings. The van der Waals surface area contributed by atoms with Crippen LogP contribution in [0.4, 0.5) is 0 Å². The first-order valence-electron chi connectivity index (χ1n) is 7.69. The molecule has 1 aromatic rings. The first-order chi connectivity index (χ1) is 10.6. The molecule has 120 valence electrons. The predicted octanol–water partition coefficient (Wildman–Crippen LogP) is 1.47. The summed E-state index contributed by atoms with van der Waals surface area (Å²) in [6.45, 7) is 3.88. The maximum absolute atomic E-state index is 12.2. The lowest BCUT2D eigenvalue weighted by Gasteiger charge is -2.23. The predicted molar refractivity (Wildman–Crippen MR) is 84.5 cm³/mol. The van der Waals surface area contributed by atoms with E-state index in [1.807, 2.05) is 4.90 Å². The van der Waals surface area contributed by atoms with Crippen molar-refractivity contribution in [3.8, 4) is 0 Å². The SMILES string of the molecule is O=C(NCC(=O)N1CCC(N2CCCC2)C1)c1ccc(Br)o1. The molecule has 0 saturated carbocycles. The molecule has 2 aliphatic heterocycles. The van der Waals surface area contributed by atoms with E-state index < -0.39 is 0 Å². The summed E-state index contributed by atoms with van der Waals surface area (Å²) in [6, 6.07) is 3.71. The van der Waals surface area contributed by atoms with Crippen molar-refractivity contribution in [2.24, 2.45) is 0 Å². The summed E-state index contributed by atoms with van der Waals surface area (Å²) >= 11 is 3.15. The highest BCUT2D eigenvalue weighted by molar-refractivity contribution is 9.10. The van der Waals surface area contributed by atoms with Crippen LogP contribution in [0.15, 0.2) is 21.2 Å². The number of nitrogens with zero attached hydrogens (tertiary/aromatic N) is 2. The Morgan fingerprint density at radius 1 is 1.27 bits per heavy atom. The summed E-state index contributed by atoms with van der Waals surface area (Å²) in [5.41, 5.74) is 0. The van der Waals surface area contributed by atoms with E-state index in [9.17, 15) is 9.59 Å². The number of carbonyl (C=O) groups is 2. The van der Waals surface area contributed by atoms with Crippen LogP contribution in [0.5, 0.6) is 0 Å². The molecule has 7 heteroatoms. The molecule has 2 amide bonds. The molecule has 3 heterocycles. The largest absolute Gasteiger partial charge is 0.444 e. The molecule has 2 saturated heterocycles. The van der Waals surface area contributed by atoms with E-state index in [1.54, 1.807) is 12.1 Å². The molecule has 0 radical (unpaired) electrons. The Bertz CT molecular complexity index is 554. The van der Waals surface area contributed by atoms with Crippen LogP contribution in [0.3, 0.4) is 0 Å². The molecule has 0 spiro atoms. The minimum absolute atomic E-state index is 0.0177. The van der Waals surface area contributed by atoms with Crippen molar-refractivity contribution in [3.05, 3.63) is 22.6 Å². The zero-order chi connectivity index (χ0) is 15.5. The summed E-state index contributed by atoms with van der Waals surface area (Å²) in [4.78, 5) is 28.4. The van der Waals surface area contributed by atoms with E-state index in [2.05, 4.69) is 26.1 Å². The third-order valence-corrected chi connectivity index (χ3v) is 4.80. The Kier molecular flexibility index (Phi) is 4.83. The lowest BCUT2D eigenvalue weighted by Crippen LogP contribution is -2.41. The molecule has 0 aliphatic carbocycles. The highest BCUT2D eigenvalue weighted by Crippen LogP contribution is 2.20. The summed E-state index contributed by atoms with van der Waals surface area (Å²) in [6.07, 6.45) is 3.56. The molecule has 0 bridgehead atoms. The van der Waals surface area contributed by atoms with E-state index in [4.69, 9.17) is 4.42 Å². The number of nitrogens with one attached hydrogen (secondary N) is 1. The van der Waals surface area contributed by atoms with Crippen LogP contribution in [-0.2, 0) is 4.79 Å². The van der Waals surface area contributed by atoms with Gasteiger partial charge in [-0.3, -0.25) is 14.5 Å². The van der Waals surface area contributed by atoms with Crippen LogP contribution in [0, 0.1) is 0 Å². The molecular formula is C15H20BrN3O3. The number of hydrogen-bond acceptors (Lipinski definition) is 4. The Morgan fingerprint density at radius 3 is 2.73 bits per heavy atom. The first kappa shape index (κ1) is 15.6. The average molecular weight is 370 g/mol. The van der Waals surface area contributed by atoms with Gasteiger partial charge in [0.05, 0.1) is 6.54 Å². The molecule has 0 aromatic carbocycles. The molecular weight excluding hydrogens is 350 g/mol. The quantitative estimate of drug-likeness (QED) is 0.872. The second-order valence-electron chi connectivity index (χ2n) is 5.81. The molecule has 1 unspecified atom stereocenters. The monoisotopic (exact) mass is 369 g/mol. The second-order valence-corrected chi connectivity index (χ2v) is 6.59. The van der Waals surface area contributed by atoms with Crippen molar-refractivity contribution in [2.45, 2.75) is 25.3 Å². The summed E-state index contributed by atoms with van der Waals surface area (Å²) in [5.74, 6) is -0.189. The van der Waals surface area contributed by atoms with Gasteiger partial charge in [-0.05, 0) is 60.4 Å². The van der Waals surface area contributed by atoms with Crippen LogP contribution >= 0.6 is 15.9 Å². The Labute approximate surface area is 137 Å². The molecule has 2 fully saturated rings. The van der Waals surface area contributed by atoms with Gasteiger partial charge in [0.2, 0.25) is 5.91 Å². The van der Waals surface area contributed by atoms with Crippen LogP contribution in [-0.4, -0.2) is 60.4 Å². The molecule has 3 rings (SSSR count). The van der Waals surface area contributed by atoms with E-state index in [0.29, 0.717) is 10.7 Å². The Hall–Kier alpha value is -1.34. The van der Waals surface area contributed by atoms with Crippen molar-refractivity contribution >= 4 is 27.7 Å². The van der Waals surface area contributed by atoms with Crippen molar-refractivity contribution in [3.63, 3.8) is 0 Å². The summed E-state index contributed by atoms with van der Waals surface area (Å²) in [7, 11) is 0. The third kappa shape index (κ3) is 3.52. The minimum atomic E-state index is -0.366. The smallest absolute Gasteiger partial charge is 0.287 e. The fourth-order valence-electron chi connectivity index (χ4n) is 3.16. The normalized spacial score (nSPS) is 22.2. The zero-order valence-corrected chi connectivity index (χ0v) is 14.0. The number of halogens is 1. The second kappa shape index (κ2) is 6.83. The van der Waals surface area contributed by atoms with Gasteiger partial charge in [-0.15, -0.1) is 0 Å². The minimum Gasteiger partial charge on any atom is -0.444 e. The number of furan rings is 1. The standard InChI is InChI=1S/C15H20BrN3O3/c16-13-4-3-12(22-13)15(21)17-9-14(20)19-8-5-11(10-19)18-6-1-2-7-18/h3-4,11H,1-2,5-10H2,(H,17,21). The van der Waals surface area contributed by atoms with E-state index in [-0.39, 0.29) is 24.1 Å². The van der Waals surface area contributed by atoms with E-state index in [0.717, 1.165) is 32.6 Å². The van der Waals surface area contributed by atoms with Gasteiger partial charge in [0.1, 0.15) is 0 Å². The van der Waals surface area contributed by atoms with E-state index >= 15 is 0 Å². The molecule has 22 heavy (non-hydrogen) atoms. The Balaban J connectivity index is 1.45. The highest BCUT2D eigenvalue weighted by Gasteiger charge is 2.31. The average Bonchev–Trinajstić information content (AvgIpc) is 3.23. The number of amides is 2. The number of hydrogen-bond donors (Lipinski definition) is 1. The van der Waals surface area contributed by atoms with Crippen LogP contribution in [0.25, 0.3) is 0 Å². The maximum atomic E-state index is 12.2. The molecule has 1 N–H and O–H groups in total. The van der Waals surface area contributed by atoms with Gasteiger partial charge in [0.15, 0.2) is 10.4 Å². The maximum Gasteiger partial charge on any atom is 0.287 e.